The third-order valence-electron chi connectivity index (χ3n) is 6.50. The lowest BCUT2D eigenvalue weighted by Gasteiger charge is -2.25. The van der Waals surface area contributed by atoms with Gasteiger partial charge in [0.15, 0.2) is 0 Å². The molecule has 1 aliphatic rings. The van der Waals surface area contributed by atoms with Crippen LogP contribution in [0.25, 0.3) is 0 Å². The Morgan fingerprint density at radius 2 is 1.11 bits per heavy atom. The van der Waals surface area contributed by atoms with Gasteiger partial charge in [0.1, 0.15) is 23.7 Å². The second kappa shape index (κ2) is 13.7. The Balaban J connectivity index is 1.34. The fourth-order valence-electron chi connectivity index (χ4n) is 4.45. The predicted molar refractivity (Wildman–Crippen MR) is 152 cm³/mol. The summed E-state index contributed by atoms with van der Waals surface area (Å²) < 4.78 is 25.9. The van der Waals surface area contributed by atoms with Crippen LogP contribution in [0, 0.1) is 6.92 Å². The van der Waals surface area contributed by atoms with Crippen molar-refractivity contribution >= 4 is 11.8 Å². The molecule has 0 unspecified atom stereocenters. The van der Waals surface area contributed by atoms with E-state index >= 15 is 0 Å². The third-order valence-corrected chi connectivity index (χ3v) is 7.66. The average Bonchev–Trinajstić information content (AvgIpc) is 3.29. The molecule has 4 aromatic rings. The summed E-state index contributed by atoms with van der Waals surface area (Å²) in [5.41, 5.74) is 4.38. The maximum Gasteiger partial charge on any atom is 0.137 e. The molecule has 4 atom stereocenters. The molecule has 1 aliphatic heterocycles. The fourth-order valence-corrected chi connectivity index (χ4v) is 5.58. The molecule has 1 fully saturated rings. The number of hydrogen-bond donors (Lipinski definition) is 0. The average molecular weight is 527 g/mol. The van der Waals surface area contributed by atoms with E-state index in [4.69, 9.17) is 18.9 Å². The number of aryl methyl sites for hydroxylation is 1. The Morgan fingerprint density at radius 1 is 0.605 bits per heavy atom. The van der Waals surface area contributed by atoms with Crippen LogP contribution in [-0.2, 0) is 38.8 Å². The van der Waals surface area contributed by atoms with E-state index in [1.54, 1.807) is 11.8 Å². The Kier molecular flexibility index (Phi) is 9.64. The van der Waals surface area contributed by atoms with Crippen LogP contribution in [0.2, 0.25) is 0 Å². The number of hydrogen-bond acceptors (Lipinski definition) is 5. The first-order valence-corrected chi connectivity index (χ1v) is 13.9. The first-order valence-electron chi connectivity index (χ1n) is 13.1. The van der Waals surface area contributed by atoms with Gasteiger partial charge in [-0.2, -0.15) is 0 Å². The number of rotatable bonds is 12. The van der Waals surface area contributed by atoms with Gasteiger partial charge in [-0.15, -0.1) is 0 Å². The molecule has 0 aliphatic carbocycles. The lowest BCUT2D eigenvalue weighted by Crippen LogP contribution is -2.38. The minimum Gasteiger partial charge on any atom is -0.374 e. The highest BCUT2D eigenvalue weighted by Crippen LogP contribution is 2.38. The van der Waals surface area contributed by atoms with E-state index in [2.05, 4.69) is 67.6 Å². The number of thioether (sulfide) groups is 1. The Bertz CT molecular complexity index is 1220. The van der Waals surface area contributed by atoms with Gasteiger partial charge in [0, 0.05) is 4.90 Å². The summed E-state index contributed by atoms with van der Waals surface area (Å²) in [4.78, 5) is 1.14. The Hall–Kier alpha value is -2.93. The SMILES string of the molecule is Cc1ccc(S[C@H]2O[C@H](COCc3ccccc3)[C@@H](OCc3ccccc3)[C@@H]2OCc2ccccc2)cc1. The zero-order valence-corrected chi connectivity index (χ0v) is 22.5. The van der Waals surface area contributed by atoms with E-state index in [0.717, 1.165) is 21.6 Å². The van der Waals surface area contributed by atoms with Crippen molar-refractivity contribution in [3.63, 3.8) is 0 Å². The smallest absolute Gasteiger partial charge is 0.137 e. The molecule has 0 N–H and O–H groups in total. The van der Waals surface area contributed by atoms with Crippen molar-refractivity contribution < 1.29 is 18.9 Å². The van der Waals surface area contributed by atoms with Gasteiger partial charge in [-0.3, -0.25) is 0 Å². The lowest BCUT2D eigenvalue weighted by molar-refractivity contribution is -0.0895. The van der Waals surface area contributed by atoms with Gasteiger partial charge < -0.3 is 18.9 Å². The minimum absolute atomic E-state index is 0.229. The number of ether oxygens (including phenoxy) is 4. The molecule has 0 radical (unpaired) electrons. The summed E-state index contributed by atoms with van der Waals surface area (Å²) in [6.07, 6.45) is -0.806. The Labute approximate surface area is 229 Å². The van der Waals surface area contributed by atoms with Crippen molar-refractivity contribution in [2.45, 2.75) is 55.4 Å². The van der Waals surface area contributed by atoms with Crippen molar-refractivity contribution in [3.8, 4) is 0 Å². The first kappa shape index (κ1) is 26.7. The normalized spacial score (nSPS) is 21.0. The van der Waals surface area contributed by atoms with E-state index in [-0.39, 0.29) is 23.7 Å². The van der Waals surface area contributed by atoms with Gasteiger partial charge in [-0.25, -0.2) is 0 Å². The molecular formula is C33H34O4S. The van der Waals surface area contributed by atoms with Crippen LogP contribution in [0.15, 0.2) is 120 Å². The summed E-state index contributed by atoms with van der Waals surface area (Å²) >= 11 is 1.68. The molecule has 0 saturated carbocycles. The van der Waals surface area contributed by atoms with Crippen molar-refractivity contribution in [1.29, 1.82) is 0 Å². The van der Waals surface area contributed by atoms with Crippen LogP contribution < -0.4 is 0 Å². The van der Waals surface area contributed by atoms with Crippen molar-refractivity contribution in [3.05, 3.63) is 138 Å². The molecule has 0 spiro atoms. The maximum absolute atomic E-state index is 6.62. The fraction of sp³-hybridized carbons (Fsp3) is 0.273. The molecule has 0 aromatic heterocycles. The summed E-state index contributed by atoms with van der Waals surface area (Å²) in [5, 5.41) is 0. The van der Waals surface area contributed by atoms with Gasteiger partial charge >= 0.3 is 0 Å². The van der Waals surface area contributed by atoms with E-state index in [0.29, 0.717) is 26.4 Å². The monoisotopic (exact) mass is 526 g/mol. The highest BCUT2D eigenvalue weighted by molar-refractivity contribution is 7.99. The molecule has 4 nitrogen and oxygen atoms in total. The van der Waals surface area contributed by atoms with Crippen molar-refractivity contribution in [2.24, 2.45) is 0 Å². The van der Waals surface area contributed by atoms with Gasteiger partial charge in [-0.1, -0.05) is 120 Å². The van der Waals surface area contributed by atoms with Gasteiger partial charge in [0.25, 0.3) is 0 Å². The molecule has 5 heteroatoms. The molecule has 1 saturated heterocycles. The molecule has 0 bridgehead atoms. The molecule has 1 heterocycles. The van der Waals surface area contributed by atoms with E-state index in [1.807, 2.05) is 54.6 Å². The van der Waals surface area contributed by atoms with E-state index in [9.17, 15) is 0 Å². The summed E-state index contributed by atoms with van der Waals surface area (Å²) in [7, 11) is 0. The van der Waals surface area contributed by atoms with Gasteiger partial charge in [0.05, 0.1) is 26.4 Å². The van der Waals surface area contributed by atoms with Crippen molar-refractivity contribution in [1.82, 2.24) is 0 Å². The lowest BCUT2D eigenvalue weighted by atomic mass is 10.1. The maximum atomic E-state index is 6.62. The quantitative estimate of drug-likeness (QED) is 0.195. The molecule has 0 amide bonds. The van der Waals surface area contributed by atoms with Crippen molar-refractivity contribution in [2.75, 3.05) is 6.61 Å². The molecule has 5 rings (SSSR count). The predicted octanol–water partition coefficient (Wildman–Crippen LogP) is 7.20. The zero-order valence-electron chi connectivity index (χ0n) is 21.6. The highest BCUT2D eigenvalue weighted by Gasteiger charge is 2.47. The zero-order chi connectivity index (χ0) is 26.0. The van der Waals surface area contributed by atoms with Crippen LogP contribution >= 0.6 is 11.8 Å². The minimum atomic E-state index is -0.280. The number of benzene rings is 4. The second-order valence-corrected chi connectivity index (χ2v) is 10.7. The van der Waals surface area contributed by atoms with Crippen LogP contribution in [-0.4, -0.2) is 30.4 Å². The summed E-state index contributed by atoms with van der Waals surface area (Å²) in [5.74, 6) is 0. The largest absolute Gasteiger partial charge is 0.374 e. The third kappa shape index (κ3) is 7.56. The van der Waals surface area contributed by atoms with Gasteiger partial charge in [0.2, 0.25) is 0 Å². The molecule has 38 heavy (non-hydrogen) atoms. The summed E-state index contributed by atoms with van der Waals surface area (Å²) in [6, 6.07) is 39.2. The summed E-state index contributed by atoms with van der Waals surface area (Å²) in [6.45, 7) is 4.02. The topological polar surface area (TPSA) is 36.9 Å². The van der Waals surface area contributed by atoms with Crippen LogP contribution in [0.3, 0.4) is 0 Å². The highest BCUT2D eigenvalue weighted by atomic mass is 32.2. The molecule has 4 aromatic carbocycles. The first-order chi connectivity index (χ1) is 18.7. The van der Waals surface area contributed by atoms with Crippen LogP contribution in [0.4, 0.5) is 0 Å². The molecule has 196 valence electrons. The van der Waals surface area contributed by atoms with Gasteiger partial charge in [-0.05, 0) is 35.7 Å². The Morgan fingerprint density at radius 3 is 1.66 bits per heavy atom. The van der Waals surface area contributed by atoms with E-state index < -0.39 is 0 Å². The second-order valence-electron chi connectivity index (χ2n) is 9.50. The standard InChI is InChI=1S/C33H34O4S/c1-25-17-19-29(20-18-25)38-33-32(36-23-28-15-9-4-10-16-28)31(35-22-27-13-7-3-8-14-27)30(37-33)24-34-21-26-11-5-2-6-12-26/h2-20,30-33H,21-24H2,1H3/t30-,31-,32+,33-/m1/s1. The van der Waals surface area contributed by atoms with Crippen LogP contribution in [0.5, 0.6) is 0 Å². The van der Waals surface area contributed by atoms with E-state index in [1.165, 1.54) is 5.56 Å². The molecular weight excluding hydrogens is 492 g/mol. The van der Waals surface area contributed by atoms with Crippen LogP contribution in [0.1, 0.15) is 22.3 Å².